The number of benzene rings is 4. The van der Waals surface area contributed by atoms with Crippen LogP contribution in [0.5, 0.6) is 5.75 Å². The molecule has 37 heavy (non-hydrogen) atoms. The number of hydrogen-bond acceptors (Lipinski definition) is 2. The maximum absolute atomic E-state index is 13.4. The molecule has 0 aromatic heterocycles. The molecule has 0 radical (unpaired) electrons. The van der Waals surface area contributed by atoms with Gasteiger partial charge in [0, 0.05) is 11.5 Å². The van der Waals surface area contributed by atoms with E-state index < -0.39 is 0 Å². The first kappa shape index (κ1) is 23.4. The highest BCUT2D eigenvalue weighted by atomic mass is 19.1. The Morgan fingerprint density at radius 2 is 1.68 bits per heavy atom. The van der Waals surface area contributed by atoms with Crippen molar-refractivity contribution in [3.63, 3.8) is 0 Å². The molecular weight excluding hydrogens is 459 g/mol. The number of rotatable bonds is 5. The fraction of sp³-hybridized carbons (Fsp3) is 0.206. The average Bonchev–Trinajstić information content (AvgIpc) is 2.91. The minimum Gasteiger partial charge on any atom is -0.489 e. The van der Waals surface area contributed by atoms with E-state index in [2.05, 4.69) is 62.4 Å². The second-order valence-corrected chi connectivity index (χ2v) is 10.7. The summed E-state index contributed by atoms with van der Waals surface area (Å²) in [7, 11) is 0. The van der Waals surface area contributed by atoms with Crippen LogP contribution in [0.1, 0.15) is 47.3 Å². The molecule has 0 N–H and O–H groups in total. The topological polar surface area (TPSA) is 26.3 Å². The zero-order valence-electron chi connectivity index (χ0n) is 21.1. The lowest BCUT2D eigenvalue weighted by atomic mass is 9.69. The molecule has 3 heteroatoms. The summed E-state index contributed by atoms with van der Waals surface area (Å²) in [5, 5.41) is 2.36. The molecule has 0 fully saturated rings. The number of carbonyl (C=O) groups excluding carboxylic acids is 1. The first-order valence-electron chi connectivity index (χ1n) is 12.8. The minimum absolute atomic E-state index is 0.0488. The van der Waals surface area contributed by atoms with Crippen molar-refractivity contribution in [3.05, 3.63) is 123 Å². The van der Waals surface area contributed by atoms with Crippen molar-refractivity contribution < 1.29 is 13.9 Å². The second kappa shape index (κ2) is 9.15. The van der Waals surface area contributed by atoms with Gasteiger partial charge >= 0.3 is 0 Å². The number of ether oxygens (including phenoxy) is 1. The number of Topliss-reactive ketones (excluding diaryl/α,β-unsaturated/α-hetero) is 1. The van der Waals surface area contributed by atoms with Crippen LogP contribution in [0.15, 0.2) is 84.9 Å². The molecule has 2 aliphatic carbocycles. The van der Waals surface area contributed by atoms with Crippen LogP contribution < -0.4 is 15.2 Å². The lowest BCUT2D eigenvalue weighted by Gasteiger charge is -2.34. The zero-order chi connectivity index (χ0) is 25.6. The van der Waals surface area contributed by atoms with Gasteiger partial charge in [0.15, 0.2) is 5.78 Å². The molecule has 2 aliphatic rings. The van der Waals surface area contributed by atoms with Gasteiger partial charge in [-0.25, -0.2) is 4.39 Å². The van der Waals surface area contributed by atoms with Crippen LogP contribution in [-0.2, 0) is 18.4 Å². The van der Waals surface area contributed by atoms with Crippen molar-refractivity contribution in [2.24, 2.45) is 5.92 Å². The van der Waals surface area contributed by atoms with Gasteiger partial charge in [0.1, 0.15) is 18.2 Å². The Kier molecular flexibility index (Phi) is 5.79. The van der Waals surface area contributed by atoms with Crippen LogP contribution in [0.3, 0.4) is 0 Å². The molecule has 0 aliphatic heterocycles. The predicted molar refractivity (Wildman–Crippen MR) is 146 cm³/mol. The van der Waals surface area contributed by atoms with E-state index in [1.54, 1.807) is 12.1 Å². The number of ketones is 1. The van der Waals surface area contributed by atoms with Crippen molar-refractivity contribution in [1.29, 1.82) is 0 Å². The van der Waals surface area contributed by atoms with Crippen molar-refractivity contribution >= 4 is 17.9 Å². The molecular formula is C34H29FO2. The molecule has 4 aromatic rings. The van der Waals surface area contributed by atoms with Crippen molar-refractivity contribution in [2.75, 3.05) is 0 Å². The summed E-state index contributed by atoms with van der Waals surface area (Å²) in [5.41, 5.74) is 6.48. The van der Waals surface area contributed by atoms with E-state index in [9.17, 15) is 9.18 Å². The van der Waals surface area contributed by atoms with Crippen LogP contribution in [0.2, 0.25) is 0 Å². The van der Waals surface area contributed by atoms with Crippen LogP contribution in [0, 0.1) is 11.7 Å². The Balaban J connectivity index is 1.36. The Bertz CT molecular complexity index is 1620. The monoisotopic (exact) mass is 488 g/mol. The van der Waals surface area contributed by atoms with Gasteiger partial charge in [0.25, 0.3) is 0 Å². The van der Waals surface area contributed by atoms with E-state index in [4.69, 9.17) is 4.74 Å². The van der Waals surface area contributed by atoms with Crippen LogP contribution in [0.4, 0.5) is 4.39 Å². The van der Waals surface area contributed by atoms with Crippen LogP contribution in [-0.4, -0.2) is 5.78 Å². The van der Waals surface area contributed by atoms with Gasteiger partial charge in [-0.3, -0.25) is 4.79 Å². The number of carbonyl (C=O) groups is 1. The Morgan fingerprint density at radius 3 is 2.46 bits per heavy atom. The largest absolute Gasteiger partial charge is 0.489 e. The molecule has 1 atom stereocenters. The number of hydrogen-bond donors (Lipinski definition) is 0. The molecule has 0 amide bonds. The summed E-state index contributed by atoms with van der Waals surface area (Å²) >= 11 is 0. The van der Waals surface area contributed by atoms with Crippen molar-refractivity contribution in [1.82, 2.24) is 0 Å². The van der Waals surface area contributed by atoms with E-state index in [0.29, 0.717) is 12.2 Å². The maximum Gasteiger partial charge on any atom is 0.169 e. The normalized spacial score (nSPS) is 16.9. The number of fused-ring (bicyclic) bond motifs is 5. The van der Waals surface area contributed by atoms with Gasteiger partial charge in [-0.05, 0) is 92.9 Å². The van der Waals surface area contributed by atoms with Gasteiger partial charge in [-0.2, -0.15) is 0 Å². The van der Waals surface area contributed by atoms with Crippen LogP contribution in [0.25, 0.3) is 23.3 Å². The van der Waals surface area contributed by atoms with Gasteiger partial charge < -0.3 is 4.74 Å². The Labute approximate surface area is 216 Å². The minimum atomic E-state index is -0.328. The fourth-order valence-electron chi connectivity index (χ4n) is 5.82. The molecule has 1 unspecified atom stereocenters. The number of halogens is 1. The highest BCUT2D eigenvalue weighted by Gasteiger charge is 2.33. The molecule has 0 saturated carbocycles. The first-order chi connectivity index (χ1) is 17.9. The van der Waals surface area contributed by atoms with Gasteiger partial charge in [0.2, 0.25) is 0 Å². The van der Waals surface area contributed by atoms with Gasteiger partial charge in [0.05, 0.1) is 0 Å². The molecule has 0 saturated heterocycles. The third kappa shape index (κ3) is 4.40. The Morgan fingerprint density at radius 1 is 0.919 bits per heavy atom. The third-order valence-corrected chi connectivity index (χ3v) is 7.72. The summed E-state index contributed by atoms with van der Waals surface area (Å²) in [6.45, 7) is 4.97. The lowest BCUT2D eigenvalue weighted by Crippen LogP contribution is -2.43. The molecule has 6 rings (SSSR count). The van der Waals surface area contributed by atoms with E-state index in [1.165, 1.54) is 39.6 Å². The third-order valence-electron chi connectivity index (χ3n) is 7.72. The predicted octanol–water partition coefficient (Wildman–Crippen LogP) is 6.37. The van der Waals surface area contributed by atoms with Gasteiger partial charge in [-0.15, -0.1) is 0 Å². The molecule has 0 bridgehead atoms. The smallest absolute Gasteiger partial charge is 0.169 e. The summed E-state index contributed by atoms with van der Waals surface area (Å²) in [5.74, 6) is 0.344. The molecule has 0 spiro atoms. The fourth-order valence-corrected chi connectivity index (χ4v) is 5.82. The molecule has 184 valence electrons. The molecule has 4 aromatic carbocycles. The summed E-state index contributed by atoms with van der Waals surface area (Å²) in [6.07, 6.45) is 5.97. The van der Waals surface area contributed by atoms with E-state index >= 15 is 0 Å². The average molecular weight is 489 g/mol. The molecule has 2 nitrogen and oxygen atoms in total. The highest BCUT2D eigenvalue weighted by Crippen LogP contribution is 2.35. The Hall–Kier alpha value is -3.98. The van der Waals surface area contributed by atoms with E-state index in [1.807, 2.05) is 24.3 Å². The SMILES string of the molecule is CC1(C)CC(C(=O)c2ccc(F)cc2)C=c2c1ccc1c2=CCc2cc(OCc3ccccc3)ccc2-1. The van der Waals surface area contributed by atoms with E-state index in [-0.39, 0.29) is 22.9 Å². The summed E-state index contributed by atoms with van der Waals surface area (Å²) in [4.78, 5) is 13.4. The van der Waals surface area contributed by atoms with E-state index in [0.717, 1.165) is 29.4 Å². The first-order valence-corrected chi connectivity index (χ1v) is 12.8. The maximum atomic E-state index is 13.4. The van der Waals surface area contributed by atoms with Crippen molar-refractivity contribution in [3.8, 4) is 16.9 Å². The lowest BCUT2D eigenvalue weighted by molar-refractivity contribution is 0.0933. The standard InChI is InChI=1S/C34H29FO2/c1-34(2)20-25(33(36)23-8-11-26(35)12-9-23)19-31-30-14-10-24-18-27(37-21-22-6-4-3-5-7-22)13-15-28(24)29(30)16-17-32(31)34/h3-9,11-19,25H,10,20-21H2,1-2H3. The quantitative estimate of drug-likeness (QED) is 0.305. The summed E-state index contributed by atoms with van der Waals surface area (Å²) in [6, 6.07) is 26.9. The summed E-state index contributed by atoms with van der Waals surface area (Å²) < 4.78 is 19.5. The van der Waals surface area contributed by atoms with Crippen molar-refractivity contribution in [2.45, 2.75) is 38.7 Å². The zero-order valence-corrected chi connectivity index (χ0v) is 21.1. The van der Waals surface area contributed by atoms with Gasteiger partial charge in [-0.1, -0.05) is 74.5 Å². The molecule has 0 heterocycles. The second-order valence-electron chi connectivity index (χ2n) is 10.7. The van der Waals surface area contributed by atoms with Crippen LogP contribution >= 0.6 is 0 Å². The highest BCUT2D eigenvalue weighted by molar-refractivity contribution is 6.01.